The molecule has 0 fully saturated rings. The summed E-state index contributed by atoms with van der Waals surface area (Å²) in [6.07, 6.45) is 0.597. The van der Waals surface area contributed by atoms with Gasteiger partial charge in [-0.25, -0.2) is 0 Å². The zero-order valence-corrected chi connectivity index (χ0v) is 7.38. The Morgan fingerprint density at radius 1 is 1.36 bits per heavy atom. The van der Waals surface area contributed by atoms with E-state index >= 15 is 0 Å². The van der Waals surface area contributed by atoms with Gasteiger partial charge in [0.2, 0.25) is 0 Å². The molecule has 0 aromatic carbocycles. The van der Waals surface area contributed by atoms with E-state index in [2.05, 4.69) is 12.2 Å². The van der Waals surface area contributed by atoms with Crippen molar-refractivity contribution in [3.05, 3.63) is 0 Å². The lowest BCUT2D eigenvalue weighted by molar-refractivity contribution is 0.162. The van der Waals surface area contributed by atoms with Crippen LogP contribution in [0.15, 0.2) is 0 Å². The molecule has 0 saturated heterocycles. The van der Waals surface area contributed by atoms with Crippen LogP contribution in [-0.2, 0) is 0 Å². The zero-order valence-electron chi connectivity index (χ0n) is 7.38. The molecule has 0 spiro atoms. The van der Waals surface area contributed by atoms with Gasteiger partial charge in [0.15, 0.2) is 0 Å². The van der Waals surface area contributed by atoms with Crippen molar-refractivity contribution in [2.75, 3.05) is 19.7 Å². The Balaban J connectivity index is 3.15. The van der Waals surface area contributed by atoms with Gasteiger partial charge in [0.05, 0.1) is 12.7 Å². The fourth-order valence-corrected chi connectivity index (χ4v) is 1.09. The minimum Gasteiger partial charge on any atom is -0.395 e. The van der Waals surface area contributed by atoms with Crippen LogP contribution in [0.4, 0.5) is 0 Å². The lowest BCUT2D eigenvalue weighted by Crippen LogP contribution is -2.25. The van der Waals surface area contributed by atoms with Gasteiger partial charge in [-0.15, -0.1) is 0 Å². The molecule has 0 saturated carbocycles. The molecule has 0 heterocycles. The Hall–Kier alpha value is -0.120. The third kappa shape index (κ3) is 7.78. The van der Waals surface area contributed by atoms with Crippen molar-refractivity contribution < 1.29 is 10.2 Å². The first-order valence-corrected chi connectivity index (χ1v) is 4.16. The number of aliphatic hydroxyl groups is 2. The van der Waals surface area contributed by atoms with Crippen LogP contribution in [0.5, 0.6) is 0 Å². The van der Waals surface area contributed by atoms with Gasteiger partial charge in [0.1, 0.15) is 0 Å². The summed E-state index contributed by atoms with van der Waals surface area (Å²) in [7, 11) is 0. The third-order valence-corrected chi connectivity index (χ3v) is 1.52. The average molecular weight is 161 g/mol. The molecule has 3 nitrogen and oxygen atoms in total. The predicted octanol–water partition coefficient (Wildman–Crippen LogP) is -0.0247. The molecule has 3 heteroatoms. The van der Waals surface area contributed by atoms with Crippen LogP contribution < -0.4 is 5.32 Å². The second kappa shape index (κ2) is 6.58. The molecule has 11 heavy (non-hydrogen) atoms. The summed E-state index contributed by atoms with van der Waals surface area (Å²) >= 11 is 0. The summed E-state index contributed by atoms with van der Waals surface area (Å²) in [5, 5.41) is 20.5. The Labute approximate surface area is 68.4 Å². The molecular weight excluding hydrogens is 142 g/mol. The highest BCUT2D eigenvalue weighted by Gasteiger charge is 2.04. The Kier molecular flexibility index (Phi) is 6.51. The van der Waals surface area contributed by atoms with E-state index in [9.17, 15) is 0 Å². The van der Waals surface area contributed by atoms with Gasteiger partial charge in [-0.05, 0) is 25.8 Å². The standard InChI is InChI=1S/C8H19NO2/c1-7(5-8(2)11)6-9-3-4-10/h7-11H,3-6H2,1-2H3/t7?,8-/m1/s1. The van der Waals surface area contributed by atoms with Crippen molar-refractivity contribution in [1.29, 1.82) is 0 Å². The smallest absolute Gasteiger partial charge is 0.0555 e. The molecule has 0 aromatic heterocycles. The van der Waals surface area contributed by atoms with Gasteiger partial charge in [-0.2, -0.15) is 0 Å². The summed E-state index contributed by atoms with van der Waals surface area (Å²) in [6, 6.07) is 0. The van der Waals surface area contributed by atoms with Crippen molar-refractivity contribution in [3.8, 4) is 0 Å². The topological polar surface area (TPSA) is 52.5 Å². The van der Waals surface area contributed by atoms with Crippen molar-refractivity contribution >= 4 is 0 Å². The second-order valence-electron chi connectivity index (χ2n) is 3.12. The Morgan fingerprint density at radius 3 is 2.45 bits per heavy atom. The lowest BCUT2D eigenvalue weighted by atomic mass is 10.1. The van der Waals surface area contributed by atoms with Gasteiger partial charge in [0.25, 0.3) is 0 Å². The molecule has 68 valence electrons. The molecule has 0 aliphatic heterocycles. The van der Waals surface area contributed by atoms with Crippen LogP contribution >= 0.6 is 0 Å². The van der Waals surface area contributed by atoms with Gasteiger partial charge >= 0.3 is 0 Å². The van der Waals surface area contributed by atoms with Crippen LogP contribution in [0.2, 0.25) is 0 Å². The quantitative estimate of drug-likeness (QED) is 0.480. The highest BCUT2D eigenvalue weighted by Crippen LogP contribution is 2.03. The molecule has 0 bridgehead atoms. The summed E-state index contributed by atoms with van der Waals surface area (Å²) in [4.78, 5) is 0. The van der Waals surface area contributed by atoms with E-state index in [1.54, 1.807) is 6.92 Å². The molecule has 0 aliphatic carbocycles. The maximum atomic E-state index is 9.00. The molecule has 0 radical (unpaired) electrons. The van der Waals surface area contributed by atoms with Gasteiger partial charge in [-0.3, -0.25) is 0 Å². The fourth-order valence-electron chi connectivity index (χ4n) is 1.09. The van der Waals surface area contributed by atoms with Crippen molar-refractivity contribution in [1.82, 2.24) is 5.32 Å². The first kappa shape index (κ1) is 10.9. The summed E-state index contributed by atoms with van der Waals surface area (Å²) in [5.41, 5.74) is 0. The van der Waals surface area contributed by atoms with E-state index in [0.29, 0.717) is 12.5 Å². The minimum atomic E-state index is -0.221. The molecule has 2 atom stereocenters. The predicted molar refractivity (Wildman–Crippen MR) is 45.4 cm³/mol. The van der Waals surface area contributed by atoms with E-state index in [4.69, 9.17) is 10.2 Å². The number of nitrogens with one attached hydrogen (secondary N) is 1. The number of rotatable bonds is 6. The van der Waals surface area contributed by atoms with E-state index in [-0.39, 0.29) is 12.7 Å². The molecule has 0 aliphatic rings. The number of hydrogen-bond donors (Lipinski definition) is 3. The molecule has 0 amide bonds. The van der Waals surface area contributed by atoms with E-state index in [1.807, 2.05) is 0 Å². The van der Waals surface area contributed by atoms with Gasteiger partial charge in [0, 0.05) is 6.54 Å². The SMILES string of the molecule is CC(CNCCO)C[C@@H](C)O. The fraction of sp³-hybridized carbons (Fsp3) is 1.00. The monoisotopic (exact) mass is 161 g/mol. The van der Waals surface area contributed by atoms with Crippen LogP contribution in [0.3, 0.4) is 0 Å². The largest absolute Gasteiger partial charge is 0.395 e. The highest BCUT2D eigenvalue weighted by molar-refractivity contribution is 4.59. The van der Waals surface area contributed by atoms with Crippen molar-refractivity contribution in [3.63, 3.8) is 0 Å². The highest BCUT2D eigenvalue weighted by atomic mass is 16.3. The second-order valence-corrected chi connectivity index (χ2v) is 3.12. The van der Waals surface area contributed by atoms with E-state index in [0.717, 1.165) is 13.0 Å². The van der Waals surface area contributed by atoms with E-state index in [1.165, 1.54) is 0 Å². The number of aliphatic hydroxyl groups excluding tert-OH is 2. The summed E-state index contributed by atoms with van der Waals surface area (Å²) in [6.45, 7) is 5.57. The third-order valence-electron chi connectivity index (χ3n) is 1.52. The minimum absolute atomic E-state index is 0.182. The van der Waals surface area contributed by atoms with E-state index < -0.39 is 0 Å². The Bertz CT molecular complexity index is 86.2. The first-order chi connectivity index (χ1) is 5.16. The van der Waals surface area contributed by atoms with Crippen molar-refractivity contribution in [2.45, 2.75) is 26.4 Å². The number of hydrogen-bond acceptors (Lipinski definition) is 3. The molecule has 0 aromatic rings. The van der Waals surface area contributed by atoms with Gasteiger partial charge < -0.3 is 15.5 Å². The molecular formula is C8H19NO2. The lowest BCUT2D eigenvalue weighted by Gasteiger charge is -2.13. The molecule has 3 N–H and O–H groups in total. The van der Waals surface area contributed by atoms with Crippen LogP contribution in [0, 0.1) is 5.92 Å². The van der Waals surface area contributed by atoms with Crippen LogP contribution in [0.25, 0.3) is 0 Å². The maximum absolute atomic E-state index is 9.00. The maximum Gasteiger partial charge on any atom is 0.0555 e. The Morgan fingerprint density at radius 2 is 2.00 bits per heavy atom. The van der Waals surface area contributed by atoms with Crippen molar-refractivity contribution in [2.24, 2.45) is 5.92 Å². The van der Waals surface area contributed by atoms with Crippen LogP contribution in [-0.4, -0.2) is 36.0 Å². The summed E-state index contributed by atoms with van der Waals surface area (Å²) in [5.74, 6) is 0.474. The zero-order chi connectivity index (χ0) is 8.69. The van der Waals surface area contributed by atoms with Crippen LogP contribution in [0.1, 0.15) is 20.3 Å². The molecule has 1 unspecified atom stereocenters. The summed E-state index contributed by atoms with van der Waals surface area (Å²) < 4.78 is 0. The molecule has 0 rings (SSSR count). The normalized spacial score (nSPS) is 16.4. The van der Waals surface area contributed by atoms with Gasteiger partial charge in [-0.1, -0.05) is 6.92 Å². The average Bonchev–Trinajstić information content (AvgIpc) is 1.86. The first-order valence-electron chi connectivity index (χ1n) is 4.16.